The summed E-state index contributed by atoms with van der Waals surface area (Å²) in [5, 5.41) is 11.8. The van der Waals surface area contributed by atoms with Crippen molar-refractivity contribution in [2.45, 2.75) is 13.8 Å². The molecule has 0 aliphatic heterocycles. The van der Waals surface area contributed by atoms with E-state index in [0.717, 1.165) is 0 Å². The van der Waals surface area contributed by atoms with Gasteiger partial charge in [-0.15, -0.1) is 0 Å². The van der Waals surface area contributed by atoms with Gasteiger partial charge in [-0.1, -0.05) is 37.3 Å². The van der Waals surface area contributed by atoms with Gasteiger partial charge in [0, 0.05) is 10.6 Å². The average molecular weight is 282 g/mol. The Labute approximate surface area is 117 Å². The third-order valence-electron chi connectivity index (χ3n) is 2.07. The van der Waals surface area contributed by atoms with E-state index in [9.17, 15) is 4.79 Å². The van der Waals surface area contributed by atoms with Gasteiger partial charge in [0.2, 0.25) is 0 Å². The number of rotatable bonds is 3. The van der Waals surface area contributed by atoms with Crippen molar-refractivity contribution in [1.29, 1.82) is 0 Å². The quantitative estimate of drug-likeness (QED) is 0.838. The third kappa shape index (κ3) is 5.64. The summed E-state index contributed by atoms with van der Waals surface area (Å²) < 4.78 is 5.02. The highest BCUT2D eigenvalue weighted by atomic mass is 35.5. The lowest BCUT2D eigenvalue weighted by molar-refractivity contribution is 0.147. The first kappa shape index (κ1) is 15.4. The fraction of sp³-hybridized carbons (Fsp3) is 0.357. The molecule has 19 heavy (non-hydrogen) atoms. The molecule has 0 unspecified atom stereocenters. The minimum Gasteiger partial charge on any atom is -0.449 e. The monoisotopic (exact) mass is 281 g/mol. The van der Waals surface area contributed by atoms with Gasteiger partial charge in [0.15, 0.2) is 0 Å². The Morgan fingerprint density at radius 1 is 1.53 bits per heavy atom. The van der Waals surface area contributed by atoms with Gasteiger partial charge in [0.1, 0.15) is 6.61 Å². The van der Waals surface area contributed by atoms with E-state index >= 15 is 0 Å². The highest BCUT2D eigenvalue weighted by Gasteiger charge is 2.08. The molecule has 0 saturated heterocycles. The topological polar surface area (TPSA) is 58.6 Å². The normalized spacial score (nSPS) is 9.74. The number of amides is 1. The molecule has 2 N–H and O–H groups in total. The number of aliphatic hydroxyl groups excluding tert-OH is 1. The Hall–Kier alpha value is -1.70. The maximum Gasteiger partial charge on any atom is 0.411 e. The second-order valence-electron chi connectivity index (χ2n) is 4.27. The average Bonchev–Trinajstić information content (AvgIpc) is 2.36. The van der Waals surface area contributed by atoms with E-state index in [4.69, 9.17) is 21.4 Å². The maximum absolute atomic E-state index is 11.6. The molecule has 0 fully saturated rings. The van der Waals surface area contributed by atoms with Crippen LogP contribution in [0.4, 0.5) is 10.5 Å². The van der Waals surface area contributed by atoms with E-state index in [2.05, 4.69) is 17.2 Å². The van der Waals surface area contributed by atoms with Crippen LogP contribution in [-0.4, -0.2) is 24.4 Å². The molecule has 1 aromatic carbocycles. The van der Waals surface area contributed by atoms with E-state index in [1.807, 2.05) is 13.8 Å². The second kappa shape index (κ2) is 7.67. The molecule has 0 spiro atoms. The number of aliphatic hydroxyl groups is 1. The van der Waals surface area contributed by atoms with Gasteiger partial charge in [-0.25, -0.2) is 4.79 Å². The van der Waals surface area contributed by atoms with Crippen LogP contribution >= 0.6 is 11.6 Å². The molecule has 0 atom stereocenters. The molecule has 102 valence electrons. The summed E-state index contributed by atoms with van der Waals surface area (Å²) in [6.07, 6.45) is -0.539. The molecule has 4 nitrogen and oxygen atoms in total. The minimum atomic E-state index is -0.539. The zero-order chi connectivity index (χ0) is 14.3. The molecule has 0 bridgehead atoms. The van der Waals surface area contributed by atoms with Crippen LogP contribution in [0.25, 0.3) is 0 Å². The highest BCUT2D eigenvalue weighted by molar-refractivity contribution is 6.30. The van der Waals surface area contributed by atoms with Crippen molar-refractivity contribution in [3.05, 3.63) is 28.8 Å². The van der Waals surface area contributed by atoms with Crippen LogP contribution in [0.2, 0.25) is 5.02 Å². The lowest BCUT2D eigenvalue weighted by atomic mass is 10.2. The van der Waals surface area contributed by atoms with Crippen LogP contribution < -0.4 is 5.32 Å². The first-order valence-electron chi connectivity index (χ1n) is 5.86. The fourth-order valence-electron chi connectivity index (χ4n) is 1.25. The van der Waals surface area contributed by atoms with E-state index in [-0.39, 0.29) is 12.5 Å². The van der Waals surface area contributed by atoms with E-state index in [0.29, 0.717) is 22.9 Å². The Balaban J connectivity index is 2.79. The van der Waals surface area contributed by atoms with Crippen LogP contribution in [0.15, 0.2) is 18.2 Å². The Morgan fingerprint density at radius 2 is 2.26 bits per heavy atom. The van der Waals surface area contributed by atoms with Crippen LogP contribution in [0.1, 0.15) is 19.4 Å². The number of benzene rings is 1. The molecule has 0 saturated carbocycles. The van der Waals surface area contributed by atoms with Gasteiger partial charge in [-0.2, -0.15) is 0 Å². The molecule has 0 aliphatic rings. The Kier molecular flexibility index (Phi) is 6.20. The summed E-state index contributed by atoms with van der Waals surface area (Å²) in [7, 11) is 0. The highest BCUT2D eigenvalue weighted by Crippen LogP contribution is 2.20. The van der Waals surface area contributed by atoms with Crippen molar-refractivity contribution < 1.29 is 14.6 Å². The van der Waals surface area contributed by atoms with Gasteiger partial charge in [0.25, 0.3) is 0 Å². The predicted octanol–water partition coefficient (Wildman–Crippen LogP) is 2.89. The Morgan fingerprint density at radius 3 is 2.89 bits per heavy atom. The van der Waals surface area contributed by atoms with Crippen molar-refractivity contribution in [3.63, 3.8) is 0 Å². The number of nitrogens with one attached hydrogen (secondary N) is 1. The molecule has 0 radical (unpaired) electrons. The molecule has 1 rings (SSSR count). The van der Waals surface area contributed by atoms with Crippen LogP contribution in [0.5, 0.6) is 0 Å². The zero-order valence-electron chi connectivity index (χ0n) is 10.9. The molecule has 1 amide bonds. The molecular weight excluding hydrogens is 266 g/mol. The Bertz CT molecular complexity index is 503. The van der Waals surface area contributed by atoms with Crippen molar-refractivity contribution in [3.8, 4) is 11.8 Å². The van der Waals surface area contributed by atoms with Gasteiger partial charge in [-0.05, 0) is 24.1 Å². The van der Waals surface area contributed by atoms with Crippen molar-refractivity contribution >= 4 is 23.4 Å². The number of carbonyl (C=O) groups excluding carboxylic acids is 1. The first-order chi connectivity index (χ1) is 9.02. The molecule has 0 heterocycles. The largest absolute Gasteiger partial charge is 0.449 e. The lowest BCUT2D eigenvalue weighted by Crippen LogP contribution is -2.17. The van der Waals surface area contributed by atoms with Crippen molar-refractivity contribution in [2.24, 2.45) is 5.92 Å². The van der Waals surface area contributed by atoms with Crippen molar-refractivity contribution in [1.82, 2.24) is 0 Å². The summed E-state index contributed by atoms with van der Waals surface area (Å²) in [6, 6.07) is 4.90. The van der Waals surface area contributed by atoms with E-state index in [1.54, 1.807) is 18.2 Å². The lowest BCUT2D eigenvalue weighted by Gasteiger charge is -2.10. The maximum atomic E-state index is 11.6. The van der Waals surface area contributed by atoms with Gasteiger partial charge in [0.05, 0.1) is 12.3 Å². The standard InChI is InChI=1S/C14H16ClNO3/c1-10(2)9-19-14(18)16-13-6-5-12(15)8-11(13)4-3-7-17/h5-6,8,10,17H,7,9H2,1-2H3,(H,16,18). The second-order valence-corrected chi connectivity index (χ2v) is 4.70. The summed E-state index contributed by atoms with van der Waals surface area (Å²) in [5.41, 5.74) is 1.03. The van der Waals surface area contributed by atoms with Crippen molar-refractivity contribution in [2.75, 3.05) is 18.5 Å². The first-order valence-corrected chi connectivity index (χ1v) is 6.23. The number of anilines is 1. The molecular formula is C14H16ClNO3. The van der Waals surface area contributed by atoms with Gasteiger partial charge < -0.3 is 9.84 Å². The molecule has 0 aliphatic carbocycles. The fourth-order valence-corrected chi connectivity index (χ4v) is 1.42. The zero-order valence-corrected chi connectivity index (χ0v) is 11.6. The SMILES string of the molecule is CC(C)COC(=O)Nc1ccc(Cl)cc1C#CCO. The van der Waals surface area contributed by atoms with Gasteiger partial charge >= 0.3 is 6.09 Å². The molecule has 5 heteroatoms. The summed E-state index contributed by atoms with van der Waals surface area (Å²) >= 11 is 5.86. The smallest absolute Gasteiger partial charge is 0.411 e. The molecule has 0 aromatic heterocycles. The number of halogens is 1. The number of ether oxygens (including phenoxy) is 1. The summed E-state index contributed by atoms with van der Waals surface area (Å²) in [6.45, 7) is 3.99. The van der Waals surface area contributed by atoms with Crippen LogP contribution in [0, 0.1) is 17.8 Å². The predicted molar refractivity (Wildman–Crippen MR) is 75.2 cm³/mol. The number of carbonyl (C=O) groups is 1. The van der Waals surface area contributed by atoms with Gasteiger partial charge in [-0.3, -0.25) is 5.32 Å². The van der Waals surface area contributed by atoms with E-state index < -0.39 is 6.09 Å². The summed E-state index contributed by atoms with van der Waals surface area (Å²) in [4.78, 5) is 11.6. The third-order valence-corrected chi connectivity index (χ3v) is 2.30. The van der Waals surface area contributed by atoms with Crippen LogP contribution in [0.3, 0.4) is 0 Å². The van der Waals surface area contributed by atoms with Crippen LogP contribution in [-0.2, 0) is 4.74 Å². The molecule has 1 aromatic rings. The minimum absolute atomic E-state index is 0.260. The number of hydrogen-bond acceptors (Lipinski definition) is 3. The van der Waals surface area contributed by atoms with E-state index in [1.165, 1.54) is 0 Å². The number of hydrogen-bond donors (Lipinski definition) is 2. The summed E-state index contributed by atoms with van der Waals surface area (Å²) in [5.74, 6) is 5.50.